The van der Waals surface area contributed by atoms with Crippen LogP contribution in [0.2, 0.25) is 0 Å². The molecule has 0 spiro atoms. The van der Waals surface area contributed by atoms with Crippen molar-refractivity contribution in [1.82, 2.24) is 14.9 Å². The highest BCUT2D eigenvalue weighted by molar-refractivity contribution is 5.90. The van der Waals surface area contributed by atoms with E-state index >= 15 is 0 Å². The van der Waals surface area contributed by atoms with E-state index in [1.165, 1.54) is 0 Å². The van der Waals surface area contributed by atoms with Gasteiger partial charge in [0.1, 0.15) is 5.82 Å². The van der Waals surface area contributed by atoms with Gasteiger partial charge in [-0.05, 0) is 25.0 Å². The summed E-state index contributed by atoms with van der Waals surface area (Å²) in [6.07, 6.45) is 8.33. The molecule has 24 heavy (non-hydrogen) atoms. The topological polar surface area (TPSA) is 79.2 Å². The van der Waals surface area contributed by atoms with E-state index in [9.17, 15) is 9.90 Å². The predicted molar refractivity (Wildman–Crippen MR) is 93.7 cm³/mol. The Morgan fingerprint density at radius 2 is 2.12 bits per heavy atom. The standard InChI is InChI=1S/C18H24N4O2/c1-22-11-10-19-16(22)14-6-5-7-15(12-14)21-17(23)20-13-18(24)8-3-2-4-9-18/h5-7,10-12,24H,2-4,8-9,13H2,1H3,(H2,20,21,23). The molecule has 3 N–H and O–H groups in total. The first-order valence-corrected chi connectivity index (χ1v) is 8.41. The number of hydrogen-bond donors (Lipinski definition) is 3. The molecular weight excluding hydrogens is 304 g/mol. The molecule has 128 valence electrons. The van der Waals surface area contributed by atoms with E-state index in [2.05, 4.69) is 15.6 Å². The minimum atomic E-state index is -0.760. The van der Waals surface area contributed by atoms with Crippen LogP contribution in [-0.4, -0.2) is 32.8 Å². The van der Waals surface area contributed by atoms with Gasteiger partial charge in [-0.1, -0.05) is 31.4 Å². The van der Waals surface area contributed by atoms with E-state index in [1.807, 2.05) is 42.1 Å². The van der Waals surface area contributed by atoms with Gasteiger partial charge in [0.2, 0.25) is 0 Å². The van der Waals surface area contributed by atoms with Crippen molar-refractivity contribution >= 4 is 11.7 Å². The van der Waals surface area contributed by atoms with Gasteiger partial charge in [0.15, 0.2) is 0 Å². The molecule has 0 radical (unpaired) electrons. The molecular formula is C18H24N4O2. The highest BCUT2D eigenvalue weighted by atomic mass is 16.3. The van der Waals surface area contributed by atoms with Crippen molar-refractivity contribution in [1.29, 1.82) is 0 Å². The van der Waals surface area contributed by atoms with E-state index in [0.717, 1.165) is 43.5 Å². The first-order valence-electron chi connectivity index (χ1n) is 8.41. The van der Waals surface area contributed by atoms with Gasteiger partial charge in [-0.25, -0.2) is 9.78 Å². The summed E-state index contributed by atoms with van der Waals surface area (Å²) in [5, 5.41) is 16.0. The van der Waals surface area contributed by atoms with Crippen molar-refractivity contribution in [2.75, 3.05) is 11.9 Å². The van der Waals surface area contributed by atoms with Crippen molar-refractivity contribution in [2.45, 2.75) is 37.7 Å². The SMILES string of the molecule is Cn1ccnc1-c1cccc(NC(=O)NCC2(O)CCCCC2)c1. The van der Waals surface area contributed by atoms with Gasteiger partial charge in [-0.2, -0.15) is 0 Å². The van der Waals surface area contributed by atoms with Crippen LogP contribution in [0.4, 0.5) is 10.5 Å². The normalized spacial score (nSPS) is 16.6. The molecule has 0 aliphatic heterocycles. The zero-order chi connectivity index (χ0) is 17.0. The van der Waals surface area contributed by atoms with Crippen LogP contribution in [0.5, 0.6) is 0 Å². The highest BCUT2D eigenvalue weighted by Crippen LogP contribution is 2.27. The summed E-state index contributed by atoms with van der Waals surface area (Å²) in [6, 6.07) is 7.26. The Hall–Kier alpha value is -2.34. The zero-order valence-electron chi connectivity index (χ0n) is 14.0. The third-order valence-electron chi connectivity index (χ3n) is 4.56. The Balaban J connectivity index is 1.59. The number of aryl methyl sites for hydroxylation is 1. The second-order valence-electron chi connectivity index (χ2n) is 6.54. The predicted octanol–water partition coefficient (Wildman–Crippen LogP) is 2.90. The van der Waals surface area contributed by atoms with Crippen molar-refractivity contribution < 1.29 is 9.90 Å². The second kappa shape index (κ2) is 7.05. The van der Waals surface area contributed by atoms with Crippen LogP contribution in [0.15, 0.2) is 36.7 Å². The summed E-state index contributed by atoms with van der Waals surface area (Å²) in [7, 11) is 1.93. The number of aliphatic hydroxyl groups is 1. The lowest BCUT2D eigenvalue weighted by Gasteiger charge is -2.32. The zero-order valence-corrected chi connectivity index (χ0v) is 14.0. The molecule has 2 amide bonds. The lowest BCUT2D eigenvalue weighted by atomic mass is 9.85. The molecule has 0 atom stereocenters. The third kappa shape index (κ3) is 3.94. The van der Waals surface area contributed by atoms with Gasteiger partial charge in [0, 0.05) is 37.2 Å². The smallest absolute Gasteiger partial charge is 0.319 e. The van der Waals surface area contributed by atoms with Crippen molar-refractivity contribution in [3.63, 3.8) is 0 Å². The second-order valence-corrected chi connectivity index (χ2v) is 6.54. The molecule has 2 aromatic rings. The van der Waals surface area contributed by atoms with Gasteiger partial charge >= 0.3 is 6.03 Å². The van der Waals surface area contributed by atoms with Crippen molar-refractivity contribution in [3.8, 4) is 11.4 Å². The Labute approximate surface area is 141 Å². The number of nitrogens with zero attached hydrogens (tertiary/aromatic N) is 2. The van der Waals surface area contributed by atoms with Gasteiger partial charge in [0.05, 0.1) is 5.60 Å². The van der Waals surface area contributed by atoms with Crippen LogP contribution in [-0.2, 0) is 7.05 Å². The molecule has 1 fully saturated rings. The molecule has 0 unspecified atom stereocenters. The van der Waals surface area contributed by atoms with Gasteiger partial charge < -0.3 is 20.3 Å². The van der Waals surface area contributed by atoms with Gasteiger partial charge in [-0.3, -0.25) is 0 Å². The Morgan fingerprint density at radius 1 is 1.33 bits per heavy atom. The molecule has 6 heteroatoms. The molecule has 1 heterocycles. The molecule has 6 nitrogen and oxygen atoms in total. The van der Waals surface area contributed by atoms with E-state index in [0.29, 0.717) is 5.69 Å². The minimum absolute atomic E-state index is 0.290. The molecule has 1 aliphatic carbocycles. The fraction of sp³-hybridized carbons (Fsp3) is 0.444. The molecule has 1 saturated carbocycles. The largest absolute Gasteiger partial charge is 0.388 e. The minimum Gasteiger partial charge on any atom is -0.388 e. The first-order chi connectivity index (χ1) is 11.6. The lowest BCUT2D eigenvalue weighted by Crippen LogP contribution is -2.45. The summed E-state index contributed by atoms with van der Waals surface area (Å²) in [6.45, 7) is 0.290. The number of carbonyl (C=O) groups excluding carboxylic acids is 1. The summed E-state index contributed by atoms with van der Waals surface area (Å²) in [5.41, 5.74) is 0.875. The maximum Gasteiger partial charge on any atom is 0.319 e. The number of aromatic nitrogens is 2. The van der Waals surface area contributed by atoms with E-state index in [1.54, 1.807) is 6.20 Å². The lowest BCUT2D eigenvalue weighted by molar-refractivity contribution is 0.00755. The van der Waals surface area contributed by atoms with Crippen LogP contribution >= 0.6 is 0 Å². The number of rotatable bonds is 4. The summed E-state index contributed by atoms with van der Waals surface area (Å²) < 4.78 is 1.93. The summed E-state index contributed by atoms with van der Waals surface area (Å²) >= 11 is 0. The molecule has 0 saturated heterocycles. The van der Waals surface area contributed by atoms with E-state index in [-0.39, 0.29) is 12.6 Å². The van der Waals surface area contributed by atoms with Crippen molar-refractivity contribution in [3.05, 3.63) is 36.7 Å². The number of carbonyl (C=O) groups is 1. The molecule has 0 bridgehead atoms. The molecule has 1 aliphatic rings. The quantitative estimate of drug-likeness (QED) is 0.807. The number of anilines is 1. The molecule has 3 rings (SSSR count). The summed E-state index contributed by atoms with van der Waals surface area (Å²) in [4.78, 5) is 16.4. The van der Waals surface area contributed by atoms with Crippen LogP contribution in [0, 0.1) is 0 Å². The molecule has 1 aromatic heterocycles. The summed E-state index contributed by atoms with van der Waals surface area (Å²) in [5.74, 6) is 0.843. The fourth-order valence-electron chi connectivity index (χ4n) is 3.19. The van der Waals surface area contributed by atoms with Crippen LogP contribution < -0.4 is 10.6 Å². The van der Waals surface area contributed by atoms with E-state index < -0.39 is 5.60 Å². The average Bonchev–Trinajstić information content (AvgIpc) is 3.00. The molecule has 1 aromatic carbocycles. The van der Waals surface area contributed by atoms with E-state index in [4.69, 9.17) is 0 Å². The number of hydrogen-bond acceptors (Lipinski definition) is 3. The fourth-order valence-corrected chi connectivity index (χ4v) is 3.19. The monoisotopic (exact) mass is 328 g/mol. The maximum absolute atomic E-state index is 12.1. The maximum atomic E-state index is 12.1. The van der Waals surface area contributed by atoms with Gasteiger partial charge in [-0.15, -0.1) is 0 Å². The first kappa shape index (κ1) is 16.5. The number of benzene rings is 1. The third-order valence-corrected chi connectivity index (χ3v) is 4.56. The Kier molecular flexibility index (Phi) is 4.85. The Morgan fingerprint density at radius 3 is 2.83 bits per heavy atom. The number of urea groups is 1. The van der Waals surface area contributed by atoms with Crippen LogP contribution in [0.1, 0.15) is 32.1 Å². The van der Waals surface area contributed by atoms with Crippen molar-refractivity contribution in [2.24, 2.45) is 7.05 Å². The number of imidazole rings is 1. The van der Waals surface area contributed by atoms with Crippen LogP contribution in [0.3, 0.4) is 0 Å². The average molecular weight is 328 g/mol. The number of amides is 2. The number of nitrogens with one attached hydrogen (secondary N) is 2. The van der Waals surface area contributed by atoms with Gasteiger partial charge in [0.25, 0.3) is 0 Å². The van der Waals surface area contributed by atoms with Crippen LogP contribution in [0.25, 0.3) is 11.4 Å². The Bertz CT molecular complexity index is 705. The highest BCUT2D eigenvalue weighted by Gasteiger charge is 2.29.